The first-order valence-corrected chi connectivity index (χ1v) is 9.31. The van der Waals surface area contributed by atoms with Gasteiger partial charge in [-0.3, -0.25) is 0 Å². The van der Waals surface area contributed by atoms with Gasteiger partial charge in [-0.05, 0) is 25.2 Å². The average molecular weight is 340 g/mol. The van der Waals surface area contributed by atoms with E-state index in [4.69, 9.17) is 0 Å². The van der Waals surface area contributed by atoms with Crippen molar-refractivity contribution in [3.05, 3.63) is 11.1 Å². The van der Waals surface area contributed by atoms with E-state index in [2.05, 4.69) is 25.9 Å². The minimum absolute atomic E-state index is 0.234. The van der Waals surface area contributed by atoms with E-state index in [0.717, 1.165) is 30.3 Å². The summed E-state index contributed by atoms with van der Waals surface area (Å²) in [6, 6.07) is -0.234. The zero-order valence-corrected chi connectivity index (χ0v) is 14.9. The van der Waals surface area contributed by atoms with E-state index in [1.54, 1.807) is 11.3 Å². The van der Waals surface area contributed by atoms with Gasteiger partial charge in [-0.2, -0.15) is 0 Å². The predicted molar refractivity (Wildman–Crippen MR) is 94.1 cm³/mol. The maximum Gasteiger partial charge on any atom is 0.314 e. The molecule has 1 aromatic rings. The summed E-state index contributed by atoms with van der Waals surface area (Å²) in [5.74, 6) is 0.421. The van der Waals surface area contributed by atoms with Gasteiger partial charge in [-0.1, -0.05) is 13.8 Å². The van der Waals surface area contributed by atoms with Crippen LogP contribution >= 0.6 is 11.3 Å². The summed E-state index contributed by atoms with van der Waals surface area (Å²) < 4.78 is 0. The van der Waals surface area contributed by atoms with Crippen LogP contribution < -0.4 is 15.5 Å². The largest absolute Gasteiger partial charge is 0.391 e. The molecule has 1 aromatic heterocycles. The molecule has 1 saturated heterocycles. The summed E-state index contributed by atoms with van der Waals surface area (Å²) in [4.78, 5) is 18.6. The molecular formula is C16H28N4O2S. The molecule has 1 aliphatic rings. The molecule has 3 N–H and O–H groups in total. The molecule has 6 nitrogen and oxygen atoms in total. The Labute approximate surface area is 142 Å². The molecule has 0 bridgehead atoms. The smallest absolute Gasteiger partial charge is 0.314 e. The number of carbonyl (C=O) groups is 1. The lowest BCUT2D eigenvalue weighted by atomic mass is 10.1. The number of hydrogen-bond acceptors (Lipinski definition) is 5. The molecule has 0 spiro atoms. The molecule has 1 aliphatic heterocycles. The molecule has 1 atom stereocenters. The number of aliphatic hydroxyl groups excluding tert-OH is 1. The standard InChI is InChI=1S/C16H28N4O2S/c1-12(2)9-14(21)10-18-15(22)17-6-5-13-11-23-16(19-13)20-7-3-4-8-20/h11-12,14,21H,3-10H2,1-2H3,(H2,17,18,22). The van der Waals surface area contributed by atoms with Gasteiger partial charge < -0.3 is 20.6 Å². The number of aromatic nitrogens is 1. The number of thiazole rings is 1. The number of aliphatic hydroxyl groups is 1. The fourth-order valence-corrected chi connectivity index (χ4v) is 3.58. The van der Waals surface area contributed by atoms with Crippen molar-refractivity contribution in [1.29, 1.82) is 0 Å². The van der Waals surface area contributed by atoms with E-state index in [1.807, 2.05) is 13.8 Å². The third-order valence-corrected chi connectivity index (χ3v) is 4.77. The molecular weight excluding hydrogens is 312 g/mol. The highest BCUT2D eigenvalue weighted by Crippen LogP contribution is 2.24. The first-order chi connectivity index (χ1) is 11.0. The normalized spacial score (nSPS) is 15.9. The van der Waals surface area contributed by atoms with Gasteiger partial charge in [0.15, 0.2) is 5.13 Å². The van der Waals surface area contributed by atoms with Gasteiger partial charge in [0, 0.05) is 38.0 Å². The average Bonchev–Trinajstić information content (AvgIpc) is 3.15. The Kier molecular flexibility index (Phi) is 7.11. The summed E-state index contributed by atoms with van der Waals surface area (Å²) in [6.45, 7) is 7.15. The van der Waals surface area contributed by atoms with E-state index >= 15 is 0 Å². The van der Waals surface area contributed by atoms with Crippen LogP contribution in [0.4, 0.5) is 9.93 Å². The highest BCUT2D eigenvalue weighted by atomic mass is 32.1. The molecule has 0 aliphatic carbocycles. The van der Waals surface area contributed by atoms with Crippen LogP contribution in [0, 0.1) is 5.92 Å². The van der Waals surface area contributed by atoms with Crippen LogP contribution in [0.5, 0.6) is 0 Å². The molecule has 1 fully saturated rings. The molecule has 0 saturated carbocycles. The fraction of sp³-hybridized carbons (Fsp3) is 0.750. The van der Waals surface area contributed by atoms with E-state index in [9.17, 15) is 9.90 Å². The van der Waals surface area contributed by atoms with Crippen molar-refractivity contribution >= 4 is 22.5 Å². The Hall–Kier alpha value is -1.34. The lowest BCUT2D eigenvalue weighted by Gasteiger charge is -2.14. The Balaban J connectivity index is 1.61. The van der Waals surface area contributed by atoms with Crippen molar-refractivity contribution in [2.45, 2.75) is 45.6 Å². The highest BCUT2D eigenvalue weighted by Gasteiger charge is 2.15. The van der Waals surface area contributed by atoms with Gasteiger partial charge in [0.1, 0.15) is 0 Å². The lowest BCUT2D eigenvalue weighted by molar-refractivity contribution is 0.147. The summed E-state index contributed by atoms with van der Waals surface area (Å²) in [6.07, 6.45) is 3.44. The number of urea groups is 1. The van der Waals surface area contributed by atoms with Crippen LogP contribution in [-0.4, -0.2) is 48.4 Å². The number of carbonyl (C=O) groups excluding carboxylic acids is 1. The second-order valence-electron chi connectivity index (χ2n) is 6.49. The van der Waals surface area contributed by atoms with Crippen molar-refractivity contribution in [1.82, 2.24) is 15.6 Å². The molecule has 23 heavy (non-hydrogen) atoms. The van der Waals surface area contributed by atoms with E-state index in [0.29, 0.717) is 25.4 Å². The molecule has 0 radical (unpaired) electrons. The number of hydrogen-bond donors (Lipinski definition) is 3. The molecule has 1 unspecified atom stereocenters. The topological polar surface area (TPSA) is 77.5 Å². The number of amides is 2. The Morgan fingerprint density at radius 2 is 2.13 bits per heavy atom. The monoisotopic (exact) mass is 340 g/mol. The van der Waals surface area contributed by atoms with Crippen LogP contribution in [-0.2, 0) is 6.42 Å². The van der Waals surface area contributed by atoms with Crippen LogP contribution in [0.3, 0.4) is 0 Å². The summed E-state index contributed by atoms with van der Waals surface area (Å²) in [7, 11) is 0. The second-order valence-corrected chi connectivity index (χ2v) is 7.32. The van der Waals surface area contributed by atoms with Crippen molar-refractivity contribution in [3.8, 4) is 0 Å². The van der Waals surface area contributed by atoms with Gasteiger partial charge >= 0.3 is 6.03 Å². The Morgan fingerprint density at radius 3 is 2.83 bits per heavy atom. The molecule has 130 valence electrons. The SMILES string of the molecule is CC(C)CC(O)CNC(=O)NCCc1csc(N2CCCC2)n1. The second kappa shape index (κ2) is 9.08. The quantitative estimate of drug-likeness (QED) is 0.676. The third-order valence-electron chi connectivity index (χ3n) is 3.82. The predicted octanol–water partition coefficient (Wildman–Crippen LogP) is 1.99. The molecule has 2 heterocycles. The van der Waals surface area contributed by atoms with Crippen molar-refractivity contribution in [2.24, 2.45) is 5.92 Å². The molecule has 7 heteroatoms. The van der Waals surface area contributed by atoms with Crippen LogP contribution in [0.2, 0.25) is 0 Å². The highest BCUT2D eigenvalue weighted by molar-refractivity contribution is 7.13. The van der Waals surface area contributed by atoms with Crippen molar-refractivity contribution in [3.63, 3.8) is 0 Å². The number of anilines is 1. The number of rotatable bonds is 8. The molecule has 2 rings (SSSR count). The van der Waals surface area contributed by atoms with Crippen LogP contribution in [0.1, 0.15) is 38.8 Å². The third kappa shape index (κ3) is 6.35. The summed E-state index contributed by atoms with van der Waals surface area (Å²) in [5, 5.41) is 18.4. The Bertz CT molecular complexity index is 486. The van der Waals surface area contributed by atoms with Crippen LogP contribution in [0.15, 0.2) is 5.38 Å². The lowest BCUT2D eigenvalue weighted by Crippen LogP contribution is -2.40. The zero-order valence-electron chi connectivity index (χ0n) is 14.0. The summed E-state index contributed by atoms with van der Waals surface area (Å²) in [5.41, 5.74) is 1.03. The van der Waals surface area contributed by atoms with E-state index in [1.165, 1.54) is 12.8 Å². The first-order valence-electron chi connectivity index (χ1n) is 8.43. The van der Waals surface area contributed by atoms with E-state index < -0.39 is 6.10 Å². The molecule has 0 aromatic carbocycles. The minimum Gasteiger partial charge on any atom is -0.391 e. The maximum atomic E-state index is 11.7. The zero-order chi connectivity index (χ0) is 16.7. The van der Waals surface area contributed by atoms with Gasteiger partial charge in [0.05, 0.1) is 11.8 Å². The molecule has 2 amide bonds. The first kappa shape index (κ1) is 18.0. The van der Waals surface area contributed by atoms with Crippen molar-refractivity contribution < 1.29 is 9.90 Å². The number of nitrogens with one attached hydrogen (secondary N) is 2. The van der Waals surface area contributed by atoms with Crippen LogP contribution in [0.25, 0.3) is 0 Å². The Morgan fingerprint density at radius 1 is 1.39 bits per heavy atom. The fourth-order valence-electron chi connectivity index (χ4n) is 2.67. The van der Waals surface area contributed by atoms with Gasteiger partial charge in [0.2, 0.25) is 0 Å². The maximum absolute atomic E-state index is 11.7. The summed E-state index contributed by atoms with van der Waals surface area (Å²) >= 11 is 1.68. The van der Waals surface area contributed by atoms with Gasteiger partial charge in [0.25, 0.3) is 0 Å². The minimum atomic E-state index is -0.484. The van der Waals surface area contributed by atoms with Crippen molar-refractivity contribution in [2.75, 3.05) is 31.1 Å². The number of nitrogens with zero attached hydrogens (tertiary/aromatic N) is 2. The van der Waals surface area contributed by atoms with Gasteiger partial charge in [-0.15, -0.1) is 11.3 Å². The van der Waals surface area contributed by atoms with Gasteiger partial charge in [-0.25, -0.2) is 9.78 Å². The van der Waals surface area contributed by atoms with E-state index in [-0.39, 0.29) is 6.03 Å².